The molecule has 2 aliphatic carbocycles. The van der Waals surface area contributed by atoms with Gasteiger partial charge in [-0.3, -0.25) is 9.59 Å². The highest BCUT2D eigenvalue weighted by Crippen LogP contribution is 2.56. The Hall–Kier alpha value is -5.55. The van der Waals surface area contributed by atoms with Gasteiger partial charge in [0.1, 0.15) is 71.8 Å². The second kappa shape index (κ2) is 16.0. The van der Waals surface area contributed by atoms with Crippen molar-refractivity contribution in [1.82, 2.24) is 0 Å². The third-order valence-electron chi connectivity index (χ3n) is 11.7. The molecule has 2 aliphatic heterocycles. The van der Waals surface area contributed by atoms with Crippen molar-refractivity contribution in [3.8, 4) is 23.0 Å². The Morgan fingerprint density at radius 3 is 1.43 bits per heavy atom. The molecule has 0 amide bonds. The van der Waals surface area contributed by atoms with Gasteiger partial charge in [0.15, 0.2) is 0 Å². The van der Waals surface area contributed by atoms with Crippen molar-refractivity contribution in [3.05, 3.63) is 116 Å². The van der Waals surface area contributed by atoms with Gasteiger partial charge in [0, 0.05) is 11.8 Å². The highest BCUT2D eigenvalue weighted by atomic mass is 16.7. The number of aliphatic hydroxyl groups is 9. The minimum atomic E-state index is -1.91. The lowest BCUT2D eigenvalue weighted by atomic mass is 9.63. The Balaban J connectivity index is 1.37. The standard InChI is InChI=1S/C42H40O19/c43-11-14-7-18-26(16-3-1-5-22(30(16)34(50)28(18)20(46)8-14)58-41-38(54)36(52)32(48)24(12-44)60-41)27-17-4-2-6-23(59-42-39(55)37(53)33(49)25(13-45)61-42)31(17)35(51)29-19(27)9-15(40(56)57)10-21(29)47/h1-10,24-27,32-33,36-39,41-49,52-55H,11-13H2,(H,56,57)/t24-,25-,26?,27?,32-,33-,36+,37+,38-,39-,41?,42?/m1/s1. The molecular formula is C42H40O19. The van der Waals surface area contributed by atoms with Crippen LogP contribution >= 0.6 is 0 Å². The van der Waals surface area contributed by atoms with Crippen molar-refractivity contribution in [3.63, 3.8) is 0 Å². The van der Waals surface area contributed by atoms with Gasteiger partial charge in [0.05, 0.1) is 47.6 Å². The molecule has 0 saturated carbocycles. The number of aromatic hydroxyl groups is 2. The summed E-state index contributed by atoms with van der Waals surface area (Å²) >= 11 is 0. The van der Waals surface area contributed by atoms with Gasteiger partial charge >= 0.3 is 5.97 Å². The topological polar surface area (TPSA) is 331 Å². The van der Waals surface area contributed by atoms with Gasteiger partial charge in [-0.1, -0.05) is 30.3 Å². The highest BCUT2D eigenvalue weighted by molar-refractivity contribution is 6.18. The molecule has 8 rings (SSSR count). The average Bonchev–Trinajstić information content (AvgIpc) is 3.24. The van der Waals surface area contributed by atoms with Crippen molar-refractivity contribution in [2.45, 2.75) is 79.9 Å². The molecule has 0 aromatic heterocycles. The summed E-state index contributed by atoms with van der Waals surface area (Å²) in [6.45, 7) is -2.21. The van der Waals surface area contributed by atoms with Crippen molar-refractivity contribution >= 4 is 17.5 Å². The number of ketones is 2. The Bertz CT molecular complexity index is 2410. The molecular weight excluding hydrogens is 808 g/mol. The molecule has 4 unspecified atom stereocenters. The second-order valence-corrected chi connectivity index (χ2v) is 15.2. The SMILES string of the molecule is O=C(O)c1cc(O)c2c(c1)C(C1c3cc(CO)cc(O)c3C(=O)c3c(OC4O[C@H](CO)[C@@H](O)[C@H](O)[C@H]4O)cccc31)c1cccc(OC3O[C@H](CO)[C@@H](O)[C@H](O)[C@H]3O)c1C2=O. The summed E-state index contributed by atoms with van der Waals surface area (Å²) in [5, 5.41) is 126. The molecule has 322 valence electrons. The van der Waals surface area contributed by atoms with E-state index < -0.39 is 133 Å². The van der Waals surface area contributed by atoms with Gasteiger partial charge < -0.3 is 80.2 Å². The molecule has 12 atom stereocenters. The van der Waals surface area contributed by atoms with Gasteiger partial charge in [0.2, 0.25) is 24.1 Å². The van der Waals surface area contributed by atoms with E-state index in [1.165, 1.54) is 42.5 Å². The normalized spacial score (nSPS) is 30.4. The number of carboxylic acids is 1. The number of ether oxygens (including phenoxy) is 4. The van der Waals surface area contributed by atoms with Gasteiger partial charge in [-0.25, -0.2) is 4.79 Å². The molecule has 61 heavy (non-hydrogen) atoms. The molecule has 19 nitrogen and oxygen atoms in total. The van der Waals surface area contributed by atoms with Crippen LogP contribution in [0.4, 0.5) is 0 Å². The molecule has 4 aromatic rings. The fourth-order valence-corrected chi connectivity index (χ4v) is 8.74. The minimum Gasteiger partial charge on any atom is -0.507 e. The first kappa shape index (κ1) is 42.2. The summed E-state index contributed by atoms with van der Waals surface area (Å²) in [4.78, 5) is 41.8. The fourth-order valence-electron chi connectivity index (χ4n) is 8.74. The molecule has 2 heterocycles. The first-order chi connectivity index (χ1) is 29.1. The van der Waals surface area contributed by atoms with Crippen LogP contribution < -0.4 is 9.47 Å². The Kier molecular flexibility index (Phi) is 11.1. The summed E-state index contributed by atoms with van der Waals surface area (Å²) in [7, 11) is 0. The Morgan fingerprint density at radius 1 is 0.557 bits per heavy atom. The van der Waals surface area contributed by atoms with Crippen molar-refractivity contribution in [2.24, 2.45) is 0 Å². The number of rotatable bonds is 9. The van der Waals surface area contributed by atoms with Crippen LogP contribution in [0.5, 0.6) is 23.0 Å². The van der Waals surface area contributed by atoms with Gasteiger partial charge in [-0.05, 0) is 58.1 Å². The van der Waals surface area contributed by atoms with Crippen LogP contribution in [0.15, 0.2) is 60.7 Å². The van der Waals surface area contributed by atoms with Crippen molar-refractivity contribution in [2.75, 3.05) is 13.2 Å². The lowest BCUT2D eigenvalue weighted by Gasteiger charge is -2.41. The van der Waals surface area contributed by atoms with E-state index in [2.05, 4.69) is 0 Å². The van der Waals surface area contributed by atoms with E-state index in [4.69, 9.17) is 18.9 Å². The number of carbonyl (C=O) groups is 3. The summed E-state index contributed by atoms with van der Waals surface area (Å²) < 4.78 is 23.1. The molecule has 4 aromatic carbocycles. The summed E-state index contributed by atoms with van der Waals surface area (Å²) in [5.74, 6) is -7.67. The molecule has 2 fully saturated rings. The molecule has 2 saturated heterocycles. The number of hydrogen-bond acceptors (Lipinski definition) is 18. The Morgan fingerprint density at radius 2 is 1.00 bits per heavy atom. The van der Waals surface area contributed by atoms with Crippen LogP contribution in [0.3, 0.4) is 0 Å². The molecule has 0 bridgehead atoms. The van der Waals surface area contributed by atoms with E-state index in [1.807, 2.05) is 0 Å². The van der Waals surface area contributed by atoms with Gasteiger partial charge in [-0.2, -0.15) is 0 Å². The summed E-state index contributed by atoms with van der Waals surface area (Å²) in [6, 6.07) is 13.1. The monoisotopic (exact) mass is 848 g/mol. The number of carboxylic acid groups (broad SMARTS) is 1. The summed E-state index contributed by atoms with van der Waals surface area (Å²) in [5.41, 5.74) is -1.30. The van der Waals surface area contributed by atoms with Crippen LogP contribution in [0.2, 0.25) is 0 Å². The zero-order chi connectivity index (χ0) is 43.8. The molecule has 19 heteroatoms. The number of phenols is 2. The first-order valence-corrected chi connectivity index (χ1v) is 19.0. The van der Waals surface area contributed by atoms with E-state index in [-0.39, 0.29) is 56.0 Å². The predicted molar refractivity (Wildman–Crippen MR) is 201 cm³/mol. The number of aliphatic hydroxyl groups excluding tert-OH is 9. The van der Waals surface area contributed by atoms with E-state index in [1.54, 1.807) is 0 Å². The smallest absolute Gasteiger partial charge is 0.335 e. The Labute approximate surface area is 344 Å². The number of hydrogen-bond donors (Lipinski definition) is 12. The van der Waals surface area contributed by atoms with E-state index in [0.717, 1.165) is 18.2 Å². The van der Waals surface area contributed by atoms with E-state index in [0.29, 0.717) is 0 Å². The maximum atomic E-state index is 14.7. The van der Waals surface area contributed by atoms with E-state index >= 15 is 0 Å². The zero-order valence-electron chi connectivity index (χ0n) is 31.5. The second-order valence-electron chi connectivity index (χ2n) is 15.2. The van der Waals surface area contributed by atoms with Crippen LogP contribution in [0.1, 0.15) is 81.9 Å². The molecule has 0 radical (unpaired) electrons. The third-order valence-corrected chi connectivity index (χ3v) is 11.7. The van der Waals surface area contributed by atoms with Gasteiger partial charge in [-0.15, -0.1) is 0 Å². The maximum Gasteiger partial charge on any atom is 0.335 e. The largest absolute Gasteiger partial charge is 0.507 e. The number of aromatic carboxylic acids is 1. The average molecular weight is 849 g/mol. The number of phenolic OH excluding ortho intramolecular Hbond substituents is 2. The maximum absolute atomic E-state index is 14.7. The third kappa shape index (κ3) is 6.80. The number of carbonyl (C=O) groups excluding carboxylic acids is 2. The molecule has 12 N–H and O–H groups in total. The number of fused-ring (bicyclic) bond motifs is 4. The first-order valence-electron chi connectivity index (χ1n) is 19.0. The molecule has 4 aliphatic rings. The fraction of sp³-hybridized carbons (Fsp3) is 0.357. The molecule has 0 spiro atoms. The van der Waals surface area contributed by atoms with Crippen LogP contribution in [0, 0.1) is 0 Å². The minimum absolute atomic E-state index is 0.0646. The van der Waals surface area contributed by atoms with E-state index in [9.17, 15) is 75.7 Å². The zero-order valence-corrected chi connectivity index (χ0v) is 31.5. The van der Waals surface area contributed by atoms with Crippen LogP contribution in [-0.2, 0) is 16.1 Å². The van der Waals surface area contributed by atoms with Crippen molar-refractivity contribution in [1.29, 1.82) is 0 Å². The summed E-state index contributed by atoms with van der Waals surface area (Å²) in [6.07, 6.45) is -17.4. The van der Waals surface area contributed by atoms with Crippen LogP contribution in [0.25, 0.3) is 0 Å². The quantitative estimate of drug-likeness (QED) is 0.0931. The van der Waals surface area contributed by atoms with Crippen molar-refractivity contribution < 1.29 is 94.6 Å². The lowest BCUT2D eigenvalue weighted by molar-refractivity contribution is -0.277. The van der Waals surface area contributed by atoms with Crippen LogP contribution in [-0.4, -0.2) is 153 Å². The highest BCUT2D eigenvalue weighted by Gasteiger charge is 2.50. The predicted octanol–water partition coefficient (Wildman–Crippen LogP) is -1.30. The number of benzene rings is 4. The lowest BCUT2D eigenvalue weighted by Crippen LogP contribution is -2.60. The van der Waals surface area contributed by atoms with Gasteiger partial charge in [0.25, 0.3) is 0 Å².